The summed E-state index contributed by atoms with van der Waals surface area (Å²) in [6.07, 6.45) is 3.19. The van der Waals surface area contributed by atoms with E-state index in [9.17, 15) is 14.7 Å². The Balaban J connectivity index is 2.23. The molecule has 2 aromatic rings. The maximum Gasteiger partial charge on any atom is 0.331 e. The van der Waals surface area contributed by atoms with E-state index in [2.05, 4.69) is 4.98 Å². The van der Waals surface area contributed by atoms with E-state index in [1.165, 1.54) is 9.44 Å². The number of aromatic nitrogens is 2. The number of fused-ring (bicyclic) bond motifs is 1. The number of nitrogens with one attached hydrogen (secondary N) is 1. The van der Waals surface area contributed by atoms with Gasteiger partial charge in [-0.3, -0.25) is 14.3 Å². The Hall–Kier alpha value is -1.82. The number of thiophene rings is 1. The van der Waals surface area contributed by atoms with Gasteiger partial charge in [0.25, 0.3) is 5.56 Å². The lowest BCUT2D eigenvalue weighted by Gasteiger charge is -2.25. The third-order valence-electron chi connectivity index (χ3n) is 3.90. The molecular weight excluding hydrogens is 276 g/mol. The monoisotopic (exact) mass is 292 g/mol. The molecule has 0 aliphatic heterocycles. The molecule has 0 fully saturated rings. The quantitative estimate of drug-likeness (QED) is 0.886. The van der Waals surface area contributed by atoms with Crippen LogP contribution in [0.2, 0.25) is 0 Å². The normalized spacial score (nSPS) is 17.9. The van der Waals surface area contributed by atoms with Crippen LogP contribution in [0.15, 0.2) is 21.0 Å². The highest BCUT2D eigenvalue weighted by molar-refractivity contribution is 7.10. The van der Waals surface area contributed by atoms with E-state index in [1.54, 1.807) is 18.3 Å². The van der Waals surface area contributed by atoms with Gasteiger partial charge in [-0.15, -0.1) is 11.3 Å². The number of H-pyrrole nitrogens is 1. The van der Waals surface area contributed by atoms with Crippen molar-refractivity contribution in [1.82, 2.24) is 9.55 Å². The van der Waals surface area contributed by atoms with Gasteiger partial charge in [0.1, 0.15) is 0 Å². The summed E-state index contributed by atoms with van der Waals surface area (Å²) >= 11 is 1.68. The van der Waals surface area contributed by atoms with Gasteiger partial charge >= 0.3 is 5.69 Å². The summed E-state index contributed by atoms with van der Waals surface area (Å²) in [5, 5.41) is 12.3. The maximum absolute atomic E-state index is 12.1. The highest BCUT2D eigenvalue weighted by atomic mass is 32.1. The molecule has 0 aromatic carbocycles. The fraction of sp³-hybridized carbons (Fsp3) is 0.429. The van der Waals surface area contributed by atoms with Crippen molar-refractivity contribution < 1.29 is 5.11 Å². The van der Waals surface area contributed by atoms with Crippen LogP contribution in [0.5, 0.6) is 5.88 Å². The van der Waals surface area contributed by atoms with Crippen LogP contribution in [0, 0.1) is 0 Å². The van der Waals surface area contributed by atoms with E-state index in [0.717, 1.165) is 24.8 Å². The summed E-state index contributed by atoms with van der Waals surface area (Å²) in [5.41, 5.74) is 0.334. The van der Waals surface area contributed by atoms with Crippen molar-refractivity contribution in [3.05, 3.63) is 48.3 Å². The molecule has 6 heteroatoms. The van der Waals surface area contributed by atoms with Crippen molar-refractivity contribution in [1.29, 1.82) is 0 Å². The molecule has 2 heterocycles. The van der Waals surface area contributed by atoms with Crippen LogP contribution in [0.25, 0.3) is 0 Å². The Morgan fingerprint density at radius 2 is 2.30 bits per heavy atom. The first-order chi connectivity index (χ1) is 9.63. The smallest absolute Gasteiger partial charge is 0.331 e. The van der Waals surface area contributed by atoms with Crippen molar-refractivity contribution in [2.24, 2.45) is 0 Å². The van der Waals surface area contributed by atoms with Crippen LogP contribution in [-0.4, -0.2) is 14.7 Å². The minimum Gasteiger partial charge on any atom is -0.494 e. The number of rotatable bonds is 2. The molecule has 3 rings (SSSR count). The topological polar surface area (TPSA) is 75.1 Å². The van der Waals surface area contributed by atoms with Crippen molar-refractivity contribution in [3.8, 4) is 5.88 Å². The van der Waals surface area contributed by atoms with Gasteiger partial charge in [0.15, 0.2) is 0 Å². The number of aromatic amines is 1. The zero-order valence-electron chi connectivity index (χ0n) is 11.2. The third-order valence-corrected chi connectivity index (χ3v) is 4.89. The highest BCUT2D eigenvalue weighted by Crippen LogP contribution is 2.36. The first-order valence-corrected chi connectivity index (χ1v) is 7.64. The standard InChI is InChI=1S/C14H16N2O3S/c1-2-8-12(17)15-14(19)16(13(8)18)10-4-3-5-11-9(10)6-7-20-11/h6-7,10,18H,2-5H2,1H3,(H,15,17,19). The van der Waals surface area contributed by atoms with Crippen molar-refractivity contribution in [2.75, 3.05) is 0 Å². The van der Waals surface area contributed by atoms with Gasteiger partial charge in [0, 0.05) is 4.88 Å². The minimum absolute atomic E-state index is 0.181. The van der Waals surface area contributed by atoms with Crippen LogP contribution in [0.1, 0.15) is 41.8 Å². The molecule has 1 unspecified atom stereocenters. The van der Waals surface area contributed by atoms with Gasteiger partial charge in [-0.25, -0.2) is 4.79 Å². The largest absolute Gasteiger partial charge is 0.494 e. The van der Waals surface area contributed by atoms with E-state index in [4.69, 9.17) is 0 Å². The Morgan fingerprint density at radius 1 is 1.50 bits per heavy atom. The molecule has 0 saturated carbocycles. The molecule has 2 aromatic heterocycles. The van der Waals surface area contributed by atoms with Crippen molar-refractivity contribution in [2.45, 2.75) is 38.6 Å². The molecule has 2 N–H and O–H groups in total. The van der Waals surface area contributed by atoms with Gasteiger partial charge in [-0.05, 0) is 42.7 Å². The predicted molar refractivity (Wildman–Crippen MR) is 77.8 cm³/mol. The number of aryl methyl sites for hydroxylation is 1. The summed E-state index contributed by atoms with van der Waals surface area (Å²) in [4.78, 5) is 27.4. The zero-order valence-corrected chi connectivity index (χ0v) is 12.0. The summed E-state index contributed by atoms with van der Waals surface area (Å²) in [6.45, 7) is 1.79. The molecule has 0 saturated heterocycles. The van der Waals surface area contributed by atoms with Gasteiger partial charge in [-0.1, -0.05) is 6.92 Å². The third kappa shape index (κ3) is 1.91. The van der Waals surface area contributed by atoms with Crippen LogP contribution in [-0.2, 0) is 12.8 Å². The lowest BCUT2D eigenvalue weighted by atomic mass is 9.93. The molecular formula is C14H16N2O3S. The lowest BCUT2D eigenvalue weighted by Crippen LogP contribution is -2.35. The number of hydrogen-bond donors (Lipinski definition) is 2. The molecule has 0 amide bonds. The second-order valence-electron chi connectivity index (χ2n) is 4.99. The first-order valence-electron chi connectivity index (χ1n) is 6.76. The van der Waals surface area contributed by atoms with E-state index in [-0.39, 0.29) is 17.5 Å². The van der Waals surface area contributed by atoms with Gasteiger partial charge in [0.05, 0.1) is 11.6 Å². The average Bonchev–Trinajstić information content (AvgIpc) is 2.87. The van der Waals surface area contributed by atoms with Crippen LogP contribution >= 0.6 is 11.3 Å². The molecule has 1 atom stereocenters. The second kappa shape index (κ2) is 4.94. The Bertz CT molecular complexity index is 757. The molecule has 1 aliphatic rings. The van der Waals surface area contributed by atoms with Gasteiger partial charge in [0.2, 0.25) is 5.88 Å². The van der Waals surface area contributed by atoms with Gasteiger partial charge < -0.3 is 5.11 Å². The van der Waals surface area contributed by atoms with Crippen LogP contribution in [0.3, 0.4) is 0 Å². The fourth-order valence-electron chi connectivity index (χ4n) is 2.91. The highest BCUT2D eigenvalue weighted by Gasteiger charge is 2.27. The van der Waals surface area contributed by atoms with E-state index in [0.29, 0.717) is 6.42 Å². The van der Waals surface area contributed by atoms with Crippen molar-refractivity contribution >= 4 is 11.3 Å². The van der Waals surface area contributed by atoms with E-state index < -0.39 is 11.2 Å². The molecule has 20 heavy (non-hydrogen) atoms. The summed E-state index contributed by atoms with van der Waals surface area (Å²) in [6, 6.07) is 1.83. The lowest BCUT2D eigenvalue weighted by molar-refractivity contribution is 0.358. The second-order valence-corrected chi connectivity index (χ2v) is 5.99. The summed E-state index contributed by atoms with van der Waals surface area (Å²) < 4.78 is 1.34. The summed E-state index contributed by atoms with van der Waals surface area (Å²) in [7, 11) is 0. The van der Waals surface area contributed by atoms with Crippen LogP contribution < -0.4 is 11.2 Å². The van der Waals surface area contributed by atoms with Gasteiger partial charge in [-0.2, -0.15) is 0 Å². The van der Waals surface area contributed by atoms with E-state index >= 15 is 0 Å². The molecule has 1 aliphatic carbocycles. The zero-order chi connectivity index (χ0) is 14.3. The molecule has 106 valence electrons. The Labute approximate surface area is 119 Å². The predicted octanol–water partition coefficient (Wildman–Crippen LogP) is 1.79. The first kappa shape index (κ1) is 13.2. The number of aromatic hydroxyl groups is 1. The molecule has 5 nitrogen and oxygen atoms in total. The SMILES string of the molecule is CCc1c(O)n(C2CCCc3sccc32)c(=O)[nH]c1=O. The Kier molecular flexibility index (Phi) is 3.25. The average molecular weight is 292 g/mol. The molecule has 0 bridgehead atoms. The van der Waals surface area contributed by atoms with E-state index in [1.807, 2.05) is 11.4 Å². The molecule has 0 spiro atoms. The van der Waals surface area contributed by atoms with Crippen molar-refractivity contribution in [3.63, 3.8) is 0 Å². The minimum atomic E-state index is -0.534. The summed E-state index contributed by atoms with van der Waals surface area (Å²) in [5.74, 6) is -0.190. The molecule has 0 radical (unpaired) electrons. The maximum atomic E-state index is 12.1. The number of nitrogens with zero attached hydrogens (tertiary/aromatic N) is 1. The number of hydrogen-bond acceptors (Lipinski definition) is 4. The van der Waals surface area contributed by atoms with Crippen LogP contribution in [0.4, 0.5) is 0 Å². The fourth-order valence-corrected chi connectivity index (χ4v) is 3.90. The Morgan fingerprint density at radius 3 is 3.05 bits per heavy atom.